The lowest BCUT2D eigenvalue weighted by Crippen LogP contribution is -2.02. The fourth-order valence-corrected chi connectivity index (χ4v) is 8.57. The van der Waals surface area contributed by atoms with Crippen LogP contribution >= 0.6 is 23.9 Å². The Bertz CT molecular complexity index is 3010. The molecule has 0 unspecified atom stereocenters. The molecule has 0 atom stereocenters. The minimum Gasteiger partial charge on any atom is -0.390 e. The first-order valence-corrected chi connectivity index (χ1v) is 21.1. The van der Waals surface area contributed by atoms with E-state index in [0.29, 0.717) is 30.6 Å². The molecule has 10 aromatic rings. The van der Waals surface area contributed by atoms with Crippen LogP contribution in [0.5, 0.6) is 24.0 Å². The molecule has 0 saturated heterocycles. The molecule has 0 aliphatic carbocycles. The van der Waals surface area contributed by atoms with Gasteiger partial charge < -0.3 is 9.47 Å². The van der Waals surface area contributed by atoms with Crippen molar-refractivity contribution in [1.82, 2.24) is 37.0 Å². The van der Waals surface area contributed by atoms with E-state index in [9.17, 15) is 0 Å². The van der Waals surface area contributed by atoms with Crippen LogP contribution in [0.15, 0.2) is 155 Å². The smallest absolute Gasteiger partial charge is 0.316 e. The summed E-state index contributed by atoms with van der Waals surface area (Å²) in [7, 11) is 1.95. The van der Waals surface area contributed by atoms with Gasteiger partial charge in [0.15, 0.2) is 0 Å². The Labute approximate surface area is 351 Å². The second kappa shape index (κ2) is 17.6. The zero-order valence-corrected chi connectivity index (χ0v) is 35.4. The summed E-state index contributed by atoms with van der Waals surface area (Å²) in [5, 5.41) is 0. The lowest BCUT2D eigenvalue weighted by Gasteiger charge is -2.14. The summed E-state index contributed by atoms with van der Waals surface area (Å²) in [6.45, 7) is 11.0. The second-order valence-electron chi connectivity index (χ2n) is 13.3. The van der Waals surface area contributed by atoms with Gasteiger partial charge in [0.25, 0.3) is 0 Å². The Balaban J connectivity index is 0.000000431. The van der Waals surface area contributed by atoms with E-state index >= 15 is 0 Å². The zero-order chi connectivity index (χ0) is 40.9. The van der Waals surface area contributed by atoms with Crippen molar-refractivity contribution in [3.05, 3.63) is 157 Å². The number of aryl methyl sites for hydroxylation is 4. The average molecular weight is 817 g/mol. The standard InChI is InChI=1S/C37H28N8O2S2.C8H10.C2H6/c1-3-43-29-19-9-5-15-25(29)39-35(43)47-37-41-27-17-7-11-21-31(27)45(37)49-33-23-13-12-22-32(33)48-44-30-20-10-6-16-26(30)40-36(44)46-34-38-24-14-4-8-18-28(24)42(34)2;1-7-5-3-4-6-8(7)2;1-2/h4-23H,3H2,1-2H3;3-6H,1-2H3;1-2H3. The molecule has 0 saturated carbocycles. The third-order valence-corrected chi connectivity index (χ3v) is 12.0. The topological polar surface area (TPSA) is 89.7 Å². The Hall–Kier alpha value is -6.50. The minimum absolute atomic E-state index is 0.431. The number of hydrogen-bond donors (Lipinski definition) is 0. The molecule has 4 heterocycles. The molecule has 10 nitrogen and oxygen atoms in total. The minimum atomic E-state index is 0.431. The molecular weight excluding hydrogens is 773 g/mol. The maximum absolute atomic E-state index is 6.53. The van der Waals surface area contributed by atoms with Crippen LogP contribution < -0.4 is 9.47 Å². The van der Waals surface area contributed by atoms with Gasteiger partial charge in [0.05, 0.1) is 44.1 Å². The molecule has 0 aliphatic heterocycles. The number of benzene rings is 6. The molecule has 10 rings (SSSR count). The number of hydrogen-bond acceptors (Lipinski definition) is 8. The lowest BCUT2D eigenvalue weighted by atomic mass is 10.1. The predicted octanol–water partition coefficient (Wildman–Crippen LogP) is 12.7. The largest absolute Gasteiger partial charge is 0.390 e. The van der Waals surface area contributed by atoms with Crippen molar-refractivity contribution in [3.63, 3.8) is 0 Å². The van der Waals surface area contributed by atoms with Crippen LogP contribution in [0.2, 0.25) is 0 Å². The van der Waals surface area contributed by atoms with Crippen molar-refractivity contribution < 1.29 is 9.47 Å². The highest BCUT2D eigenvalue weighted by Gasteiger charge is 2.22. The second-order valence-corrected chi connectivity index (χ2v) is 15.3. The summed E-state index contributed by atoms with van der Waals surface area (Å²) in [5.74, 6) is 0. The summed E-state index contributed by atoms with van der Waals surface area (Å²) in [6.07, 6.45) is 0. The van der Waals surface area contributed by atoms with Crippen molar-refractivity contribution in [2.75, 3.05) is 0 Å². The van der Waals surface area contributed by atoms with Gasteiger partial charge in [0.1, 0.15) is 0 Å². The van der Waals surface area contributed by atoms with E-state index in [1.807, 2.05) is 137 Å². The first kappa shape index (κ1) is 39.3. The molecule has 0 N–H and O–H groups in total. The fourth-order valence-electron chi connectivity index (χ4n) is 6.54. The molecule has 296 valence electrons. The van der Waals surface area contributed by atoms with Crippen molar-refractivity contribution in [2.24, 2.45) is 7.05 Å². The van der Waals surface area contributed by atoms with Crippen LogP contribution in [0, 0.1) is 13.8 Å². The number of rotatable bonds is 9. The van der Waals surface area contributed by atoms with E-state index in [0.717, 1.165) is 53.9 Å². The molecule has 0 bridgehead atoms. The van der Waals surface area contributed by atoms with Gasteiger partial charge in [-0.3, -0.25) is 9.13 Å². The third kappa shape index (κ3) is 8.01. The Morgan fingerprint density at radius 1 is 0.441 bits per heavy atom. The van der Waals surface area contributed by atoms with Gasteiger partial charge in [0.2, 0.25) is 0 Å². The number of ether oxygens (including phenoxy) is 2. The number of nitrogens with zero attached hydrogens (tertiary/aromatic N) is 8. The molecule has 12 heteroatoms. The highest BCUT2D eigenvalue weighted by atomic mass is 32.2. The zero-order valence-electron chi connectivity index (χ0n) is 33.8. The molecule has 0 fully saturated rings. The van der Waals surface area contributed by atoms with Gasteiger partial charge >= 0.3 is 24.0 Å². The number of para-hydroxylation sites is 8. The van der Waals surface area contributed by atoms with Crippen molar-refractivity contribution in [2.45, 2.75) is 51.0 Å². The van der Waals surface area contributed by atoms with Gasteiger partial charge in [0, 0.05) is 23.4 Å². The quantitative estimate of drug-likeness (QED) is 0.142. The van der Waals surface area contributed by atoms with Crippen LogP contribution in [0.3, 0.4) is 0 Å². The summed E-state index contributed by atoms with van der Waals surface area (Å²) in [6, 6.07) is 50.5. The third-order valence-electron chi connectivity index (χ3n) is 9.68. The molecule has 0 amide bonds. The Morgan fingerprint density at radius 2 is 0.797 bits per heavy atom. The number of fused-ring (bicyclic) bond motifs is 4. The summed E-state index contributed by atoms with van der Waals surface area (Å²) in [4.78, 5) is 21.3. The SMILES string of the molecule is CC.CCn1c(Oc2nc3ccccc3n2Sc2ccccc2Sn2c(Oc3nc4ccccc4n3C)nc3ccccc32)nc2ccccc21.Cc1ccccc1C. The van der Waals surface area contributed by atoms with E-state index in [4.69, 9.17) is 29.4 Å². The summed E-state index contributed by atoms with van der Waals surface area (Å²) in [5.41, 5.74) is 9.97. The maximum Gasteiger partial charge on any atom is 0.316 e. The van der Waals surface area contributed by atoms with Crippen molar-refractivity contribution in [1.29, 1.82) is 0 Å². The first-order valence-electron chi connectivity index (χ1n) is 19.6. The first-order chi connectivity index (χ1) is 28.9. The van der Waals surface area contributed by atoms with Gasteiger partial charge in [-0.15, -0.1) is 0 Å². The molecule has 4 aromatic heterocycles. The van der Waals surface area contributed by atoms with Crippen molar-refractivity contribution in [3.8, 4) is 24.0 Å². The Morgan fingerprint density at radius 3 is 1.27 bits per heavy atom. The van der Waals surface area contributed by atoms with Crippen LogP contribution in [0.1, 0.15) is 31.9 Å². The molecule has 6 aromatic carbocycles. The summed E-state index contributed by atoms with van der Waals surface area (Å²) < 4.78 is 21.0. The normalized spacial score (nSPS) is 11.1. The van der Waals surface area contributed by atoms with E-state index in [1.165, 1.54) is 35.0 Å². The van der Waals surface area contributed by atoms with Crippen LogP contribution in [-0.2, 0) is 13.6 Å². The lowest BCUT2D eigenvalue weighted by molar-refractivity contribution is 0.390. The predicted molar refractivity (Wildman–Crippen MR) is 242 cm³/mol. The highest BCUT2D eigenvalue weighted by molar-refractivity contribution is 8.01. The summed E-state index contributed by atoms with van der Waals surface area (Å²) >= 11 is 3.07. The van der Waals surface area contributed by atoms with Crippen molar-refractivity contribution >= 4 is 68.0 Å². The molecular formula is C47H44N8O2S2. The molecule has 0 aliphatic rings. The van der Waals surface area contributed by atoms with Gasteiger partial charge in [-0.05, 0) is 116 Å². The van der Waals surface area contributed by atoms with Crippen LogP contribution in [0.4, 0.5) is 0 Å². The molecule has 0 spiro atoms. The van der Waals surface area contributed by atoms with E-state index in [1.54, 1.807) is 0 Å². The maximum atomic E-state index is 6.53. The number of imidazole rings is 4. The fraction of sp³-hybridized carbons (Fsp3) is 0.149. The molecule has 59 heavy (non-hydrogen) atoms. The van der Waals surface area contributed by atoms with Gasteiger partial charge in [-0.25, -0.2) is 7.94 Å². The average Bonchev–Trinajstić information content (AvgIpc) is 4.01. The highest BCUT2D eigenvalue weighted by Crippen LogP contribution is 2.41. The van der Waals surface area contributed by atoms with Gasteiger partial charge in [-0.2, -0.15) is 19.9 Å². The van der Waals surface area contributed by atoms with Crippen LogP contribution in [0.25, 0.3) is 44.1 Å². The van der Waals surface area contributed by atoms with Crippen LogP contribution in [-0.4, -0.2) is 37.0 Å². The monoisotopic (exact) mass is 816 g/mol. The van der Waals surface area contributed by atoms with Gasteiger partial charge in [-0.1, -0.05) is 98.8 Å². The van der Waals surface area contributed by atoms with E-state index in [-0.39, 0.29) is 0 Å². The van der Waals surface area contributed by atoms with E-state index < -0.39 is 0 Å². The number of aromatic nitrogens is 8. The molecule has 0 radical (unpaired) electrons. The van der Waals surface area contributed by atoms with E-state index in [2.05, 4.69) is 67.8 Å². The Kier molecular flexibility index (Phi) is 11.7.